The molecule has 0 spiro atoms. The fourth-order valence-electron chi connectivity index (χ4n) is 1.71. The van der Waals surface area contributed by atoms with Crippen molar-refractivity contribution in [3.63, 3.8) is 0 Å². The van der Waals surface area contributed by atoms with Crippen LogP contribution < -0.4 is 10.4 Å². The van der Waals surface area contributed by atoms with Crippen LogP contribution in [-0.2, 0) is 6.42 Å². The fourth-order valence-corrected chi connectivity index (χ4v) is 1.71. The van der Waals surface area contributed by atoms with Gasteiger partial charge in [0.15, 0.2) is 0 Å². The van der Waals surface area contributed by atoms with Gasteiger partial charge >= 0.3 is 5.63 Å². The van der Waals surface area contributed by atoms with Crippen LogP contribution in [0.15, 0.2) is 45.6 Å². The van der Waals surface area contributed by atoms with E-state index in [4.69, 9.17) is 9.15 Å². The van der Waals surface area contributed by atoms with Gasteiger partial charge in [0.1, 0.15) is 11.3 Å². The number of ether oxygens (including phenoxy) is 1. The Morgan fingerprint density at radius 2 is 2.18 bits per heavy atom. The number of benzene rings is 1. The van der Waals surface area contributed by atoms with Crippen molar-refractivity contribution in [2.75, 3.05) is 7.11 Å². The minimum atomic E-state index is -0.311. The average molecular weight is 230 g/mol. The van der Waals surface area contributed by atoms with Crippen molar-refractivity contribution in [2.45, 2.75) is 13.3 Å². The van der Waals surface area contributed by atoms with Crippen LogP contribution >= 0.6 is 0 Å². The van der Waals surface area contributed by atoms with E-state index in [0.717, 1.165) is 11.0 Å². The molecule has 0 aliphatic carbocycles. The molecule has 3 nitrogen and oxygen atoms in total. The van der Waals surface area contributed by atoms with Crippen molar-refractivity contribution in [2.24, 2.45) is 0 Å². The van der Waals surface area contributed by atoms with Gasteiger partial charge < -0.3 is 9.15 Å². The zero-order valence-electron chi connectivity index (χ0n) is 9.95. The minimum Gasteiger partial charge on any atom is -0.497 e. The summed E-state index contributed by atoms with van der Waals surface area (Å²) in [5, 5.41) is 0.890. The summed E-state index contributed by atoms with van der Waals surface area (Å²) in [4.78, 5) is 11.7. The first kappa shape index (κ1) is 11.5. The number of fused-ring (bicyclic) bond motifs is 1. The van der Waals surface area contributed by atoms with Gasteiger partial charge in [-0.3, -0.25) is 0 Å². The van der Waals surface area contributed by atoms with E-state index in [2.05, 4.69) is 6.58 Å². The molecule has 2 rings (SSSR count). The zero-order valence-corrected chi connectivity index (χ0v) is 9.95. The molecule has 1 heterocycles. The first-order valence-electron chi connectivity index (χ1n) is 5.35. The van der Waals surface area contributed by atoms with E-state index < -0.39 is 0 Å². The topological polar surface area (TPSA) is 39.4 Å². The molecule has 0 aliphatic rings. The Labute approximate surface area is 99.3 Å². The number of methoxy groups -OCH3 is 1. The van der Waals surface area contributed by atoms with E-state index in [-0.39, 0.29) is 5.63 Å². The molecule has 0 unspecified atom stereocenters. The quantitative estimate of drug-likeness (QED) is 0.601. The first-order chi connectivity index (χ1) is 8.10. The smallest absolute Gasteiger partial charge is 0.339 e. The lowest BCUT2D eigenvalue weighted by Crippen LogP contribution is -2.07. The highest BCUT2D eigenvalue weighted by molar-refractivity contribution is 5.78. The van der Waals surface area contributed by atoms with Crippen LogP contribution in [0.3, 0.4) is 0 Å². The summed E-state index contributed by atoms with van der Waals surface area (Å²) in [5.74, 6) is 0.674. The summed E-state index contributed by atoms with van der Waals surface area (Å²) in [7, 11) is 1.58. The van der Waals surface area contributed by atoms with Gasteiger partial charge in [0, 0.05) is 17.0 Å². The Morgan fingerprint density at radius 3 is 2.82 bits per heavy atom. The molecule has 88 valence electrons. The Morgan fingerprint density at radius 1 is 1.41 bits per heavy atom. The Bertz CT molecular complexity index is 623. The lowest BCUT2D eigenvalue weighted by molar-refractivity contribution is 0.414. The van der Waals surface area contributed by atoms with Crippen molar-refractivity contribution in [3.05, 3.63) is 52.4 Å². The van der Waals surface area contributed by atoms with Crippen LogP contribution in [0.1, 0.15) is 12.5 Å². The largest absolute Gasteiger partial charge is 0.497 e. The van der Waals surface area contributed by atoms with Crippen molar-refractivity contribution in [3.8, 4) is 5.75 Å². The highest BCUT2D eigenvalue weighted by Gasteiger charge is 2.06. The fraction of sp³-hybridized carbons (Fsp3) is 0.214. The predicted molar refractivity (Wildman–Crippen MR) is 67.6 cm³/mol. The lowest BCUT2D eigenvalue weighted by Gasteiger charge is -2.03. The summed E-state index contributed by atoms with van der Waals surface area (Å²) in [6, 6.07) is 7.27. The van der Waals surface area contributed by atoms with Gasteiger partial charge in [0.2, 0.25) is 0 Å². The summed E-state index contributed by atoms with van der Waals surface area (Å²) in [6.07, 6.45) is 0.546. The maximum Gasteiger partial charge on any atom is 0.339 e. The number of hydrogen-bond acceptors (Lipinski definition) is 3. The SMILES string of the molecule is C=C(C)Cc1cc2ccc(OC)cc2oc1=O. The Balaban J connectivity index is 2.58. The summed E-state index contributed by atoms with van der Waals surface area (Å²) in [6.45, 7) is 5.68. The second kappa shape index (κ2) is 4.45. The van der Waals surface area contributed by atoms with E-state index in [1.165, 1.54) is 0 Å². The van der Waals surface area contributed by atoms with Crippen LogP contribution in [-0.4, -0.2) is 7.11 Å². The molecule has 0 saturated carbocycles. The van der Waals surface area contributed by atoms with Gasteiger partial charge in [-0.25, -0.2) is 4.79 Å². The van der Waals surface area contributed by atoms with Crippen molar-refractivity contribution in [1.29, 1.82) is 0 Å². The molecule has 2 aromatic rings. The maximum atomic E-state index is 11.7. The predicted octanol–water partition coefficient (Wildman–Crippen LogP) is 2.92. The third-order valence-electron chi connectivity index (χ3n) is 2.51. The molecule has 0 fully saturated rings. The minimum absolute atomic E-state index is 0.311. The van der Waals surface area contributed by atoms with Gasteiger partial charge in [-0.15, -0.1) is 0 Å². The molecule has 0 aliphatic heterocycles. The number of rotatable bonds is 3. The molecular weight excluding hydrogens is 216 g/mol. The Kier molecular flexibility index (Phi) is 3.00. The molecule has 0 radical (unpaired) electrons. The van der Waals surface area contributed by atoms with Gasteiger partial charge in [0.25, 0.3) is 0 Å². The molecule has 1 aromatic heterocycles. The Hall–Kier alpha value is -2.03. The van der Waals surface area contributed by atoms with E-state index in [0.29, 0.717) is 23.3 Å². The van der Waals surface area contributed by atoms with Crippen LogP contribution in [0, 0.1) is 0 Å². The monoisotopic (exact) mass is 230 g/mol. The average Bonchev–Trinajstić information content (AvgIpc) is 2.29. The highest BCUT2D eigenvalue weighted by Crippen LogP contribution is 2.20. The number of hydrogen-bond donors (Lipinski definition) is 0. The van der Waals surface area contributed by atoms with Crippen LogP contribution in [0.4, 0.5) is 0 Å². The molecule has 0 bridgehead atoms. The van der Waals surface area contributed by atoms with Gasteiger partial charge in [0.05, 0.1) is 7.11 Å². The lowest BCUT2D eigenvalue weighted by atomic mass is 10.1. The van der Waals surface area contributed by atoms with Crippen LogP contribution in [0.5, 0.6) is 5.75 Å². The zero-order chi connectivity index (χ0) is 12.4. The van der Waals surface area contributed by atoms with E-state index in [1.807, 2.05) is 25.1 Å². The molecule has 0 amide bonds. The second-order valence-corrected chi connectivity index (χ2v) is 4.10. The third-order valence-corrected chi connectivity index (χ3v) is 2.51. The van der Waals surface area contributed by atoms with Gasteiger partial charge in [-0.2, -0.15) is 0 Å². The standard InChI is InChI=1S/C14H14O3/c1-9(2)6-11-7-10-4-5-12(16-3)8-13(10)17-14(11)15/h4-5,7-8H,1,6H2,2-3H3. The molecule has 0 saturated heterocycles. The molecular formula is C14H14O3. The van der Waals surface area contributed by atoms with Crippen LogP contribution in [0.2, 0.25) is 0 Å². The number of allylic oxidation sites excluding steroid dienone is 1. The molecule has 3 heteroatoms. The molecule has 0 N–H and O–H groups in total. The molecule has 17 heavy (non-hydrogen) atoms. The normalized spacial score (nSPS) is 10.5. The summed E-state index contributed by atoms with van der Waals surface area (Å²) in [5.41, 5.74) is 1.80. The second-order valence-electron chi connectivity index (χ2n) is 4.10. The van der Waals surface area contributed by atoms with E-state index >= 15 is 0 Å². The third kappa shape index (κ3) is 2.38. The maximum absolute atomic E-state index is 11.7. The van der Waals surface area contributed by atoms with Crippen molar-refractivity contribution < 1.29 is 9.15 Å². The first-order valence-corrected chi connectivity index (χ1v) is 5.35. The van der Waals surface area contributed by atoms with Gasteiger partial charge in [-0.05, 0) is 31.5 Å². The summed E-state index contributed by atoms with van der Waals surface area (Å²) < 4.78 is 10.3. The highest BCUT2D eigenvalue weighted by atomic mass is 16.5. The molecule has 1 aromatic carbocycles. The van der Waals surface area contributed by atoms with Crippen LogP contribution in [0.25, 0.3) is 11.0 Å². The van der Waals surface area contributed by atoms with Gasteiger partial charge in [-0.1, -0.05) is 12.2 Å². The van der Waals surface area contributed by atoms with Crippen molar-refractivity contribution in [1.82, 2.24) is 0 Å². The van der Waals surface area contributed by atoms with Crippen molar-refractivity contribution >= 4 is 11.0 Å². The summed E-state index contributed by atoms with van der Waals surface area (Å²) >= 11 is 0. The van der Waals surface area contributed by atoms with E-state index in [9.17, 15) is 4.79 Å². The van der Waals surface area contributed by atoms with E-state index in [1.54, 1.807) is 13.2 Å². The molecule has 0 atom stereocenters.